The van der Waals surface area contributed by atoms with Crippen LogP contribution in [0.25, 0.3) is 0 Å². The van der Waals surface area contributed by atoms with E-state index in [0.29, 0.717) is 5.02 Å². The maximum Gasteiger partial charge on any atom is 0.243 e. The summed E-state index contributed by atoms with van der Waals surface area (Å²) in [6.45, 7) is 1.61. The van der Waals surface area contributed by atoms with Crippen LogP contribution in [0.4, 0.5) is 0 Å². The Morgan fingerprint density at radius 2 is 1.96 bits per heavy atom. The molecule has 1 N–H and O–H groups in total. The molecule has 0 saturated carbocycles. The predicted octanol–water partition coefficient (Wildman–Crippen LogP) is 2.90. The summed E-state index contributed by atoms with van der Waals surface area (Å²) in [6.07, 6.45) is 0. The number of hydrogen-bond acceptors (Lipinski definition) is 4. The lowest BCUT2D eigenvalue weighted by Crippen LogP contribution is -2.39. The molecular formula is C15H17ClN2O3S2. The summed E-state index contributed by atoms with van der Waals surface area (Å²) in [5.74, 6) is -0.356. The highest BCUT2D eigenvalue weighted by atomic mass is 35.5. The third kappa shape index (κ3) is 4.54. The standard InChI is InChI=1S/C15H17ClN2O3S2/c1-11(14-4-3-9-22-14)17-15(19)10-18(2)23(20,21)13-7-5-12(16)6-8-13/h3-9,11H,10H2,1-2H3,(H,17,19)/t11-/m1/s1. The van der Waals surface area contributed by atoms with Crippen LogP contribution in [0.1, 0.15) is 17.8 Å². The van der Waals surface area contributed by atoms with Crippen molar-refractivity contribution in [3.8, 4) is 0 Å². The summed E-state index contributed by atoms with van der Waals surface area (Å²) in [7, 11) is -2.35. The van der Waals surface area contributed by atoms with Gasteiger partial charge in [-0.05, 0) is 42.6 Å². The van der Waals surface area contributed by atoms with Gasteiger partial charge in [0.2, 0.25) is 15.9 Å². The van der Waals surface area contributed by atoms with Crippen molar-refractivity contribution in [2.45, 2.75) is 17.9 Å². The first-order valence-corrected chi connectivity index (χ1v) is 9.55. The second kappa shape index (κ2) is 7.44. The summed E-state index contributed by atoms with van der Waals surface area (Å²) in [5.41, 5.74) is 0. The van der Waals surface area contributed by atoms with Gasteiger partial charge in [-0.15, -0.1) is 11.3 Å². The third-order valence-electron chi connectivity index (χ3n) is 3.24. The summed E-state index contributed by atoms with van der Waals surface area (Å²) in [6, 6.07) is 9.50. The molecule has 124 valence electrons. The van der Waals surface area contributed by atoms with E-state index >= 15 is 0 Å². The number of sulfonamides is 1. The van der Waals surface area contributed by atoms with Gasteiger partial charge in [0.15, 0.2) is 0 Å². The first-order valence-electron chi connectivity index (χ1n) is 6.85. The fourth-order valence-corrected chi connectivity index (χ4v) is 3.96. The lowest BCUT2D eigenvalue weighted by Gasteiger charge is -2.18. The van der Waals surface area contributed by atoms with Crippen molar-refractivity contribution >= 4 is 38.9 Å². The van der Waals surface area contributed by atoms with Crippen molar-refractivity contribution in [3.63, 3.8) is 0 Å². The minimum absolute atomic E-state index is 0.100. The molecule has 0 aliphatic carbocycles. The average molecular weight is 373 g/mol. The van der Waals surface area contributed by atoms with Gasteiger partial charge in [0.05, 0.1) is 17.5 Å². The van der Waals surface area contributed by atoms with E-state index in [2.05, 4.69) is 5.32 Å². The molecular weight excluding hydrogens is 356 g/mol. The van der Waals surface area contributed by atoms with Crippen LogP contribution in [0.15, 0.2) is 46.7 Å². The van der Waals surface area contributed by atoms with Gasteiger partial charge in [-0.2, -0.15) is 4.31 Å². The zero-order chi connectivity index (χ0) is 17.0. The molecule has 0 fully saturated rings. The molecule has 0 saturated heterocycles. The Balaban J connectivity index is 2.01. The normalized spacial score (nSPS) is 13.0. The number of nitrogens with one attached hydrogen (secondary N) is 1. The second-order valence-corrected chi connectivity index (χ2v) is 8.48. The molecule has 2 aromatic rings. The van der Waals surface area contributed by atoms with Crippen molar-refractivity contribution in [1.82, 2.24) is 9.62 Å². The zero-order valence-corrected chi connectivity index (χ0v) is 15.1. The number of rotatable bonds is 6. The molecule has 23 heavy (non-hydrogen) atoms. The van der Waals surface area contributed by atoms with Crippen LogP contribution in [0, 0.1) is 0 Å². The molecule has 1 aromatic heterocycles. The Kier molecular flexibility index (Phi) is 5.80. The van der Waals surface area contributed by atoms with Crippen molar-refractivity contribution < 1.29 is 13.2 Å². The van der Waals surface area contributed by atoms with Gasteiger partial charge in [-0.25, -0.2) is 8.42 Å². The maximum absolute atomic E-state index is 12.4. The Hall–Kier alpha value is -1.41. The average Bonchev–Trinajstić information content (AvgIpc) is 3.01. The van der Waals surface area contributed by atoms with Gasteiger partial charge in [-0.1, -0.05) is 17.7 Å². The molecule has 0 unspecified atom stereocenters. The van der Waals surface area contributed by atoms with E-state index in [0.717, 1.165) is 9.18 Å². The number of halogens is 1. The minimum Gasteiger partial charge on any atom is -0.348 e. The maximum atomic E-state index is 12.4. The number of nitrogens with zero attached hydrogens (tertiary/aromatic N) is 1. The number of carbonyl (C=O) groups excluding carboxylic acids is 1. The Labute approximate surface area is 144 Å². The monoisotopic (exact) mass is 372 g/mol. The van der Waals surface area contributed by atoms with Crippen molar-refractivity contribution in [2.75, 3.05) is 13.6 Å². The van der Waals surface area contributed by atoms with Gasteiger partial charge in [-0.3, -0.25) is 4.79 Å². The van der Waals surface area contributed by atoms with Crippen LogP contribution >= 0.6 is 22.9 Å². The van der Waals surface area contributed by atoms with E-state index in [1.54, 1.807) is 0 Å². The highest BCUT2D eigenvalue weighted by molar-refractivity contribution is 7.89. The molecule has 0 spiro atoms. The van der Waals surface area contributed by atoms with E-state index in [-0.39, 0.29) is 23.4 Å². The SMILES string of the molecule is C[C@@H](NC(=O)CN(C)S(=O)(=O)c1ccc(Cl)cc1)c1cccs1. The number of thiophene rings is 1. The molecule has 1 amide bonds. The zero-order valence-electron chi connectivity index (χ0n) is 12.7. The lowest BCUT2D eigenvalue weighted by atomic mass is 10.3. The van der Waals surface area contributed by atoms with Crippen LogP contribution in [-0.2, 0) is 14.8 Å². The molecule has 8 heteroatoms. The summed E-state index contributed by atoms with van der Waals surface area (Å²) >= 11 is 7.30. The number of hydrogen-bond donors (Lipinski definition) is 1. The largest absolute Gasteiger partial charge is 0.348 e. The molecule has 5 nitrogen and oxygen atoms in total. The smallest absolute Gasteiger partial charge is 0.243 e. The van der Waals surface area contributed by atoms with Gasteiger partial charge in [0, 0.05) is 16.9 Å². The van der Waals surface area contributed by atoms with Crippen LogP contribution in [0.3, 0.4) is 0 Å². The summed E-state index contributed by atoms with van der Waals surface area (Å²) < 4.78 is 25.8. The van der Waals surface area contributed by atoms with Gasteiger partial charge >= 0.3 is 0 Å². The predicted molar refractivity (Wildman–Crippen MR) is 92.1 cm³/mol. The van der Waals surface area contributed by atoms with Crippen LogP contribution in [0.2, 0.25) is 5.02 Å². The molecule has 0 aliphatic rings. The fraction of sp³-hybridized carbons (Fsp3) is 0.267. The van der Waals surface area contributed by atoms with E-state index in [4.69, 9.17) is 11.6 Å². The Morgan fingerprint density at radius 3 is 2.52 bits per heavy atom. The highest BCUT2D eigenvalue weighted by Crippen LogP contribution is 2.19. The van der Waals surface area contributed by atoms with Crippen molar-refractivity contribution in [2.24, 2.45) is 0 Å². The first-order chi connectivity index (χ1) is 10.8. The summed E-state index contributed by atoms with van der Waals surface area (Å²) in [5, 5.41) is 5.17. The van der Waals surface area contributed by atoms with Gasteiger partial charge < -0.3 is 5.32 Å². The molecule has 0 aliphatic heterocycles. The summed E-state index contributed by atoms with van der Waals surface area (Å²) in [4.78, 5) is 13.2. The van der Waals surface area contributed by atoms with Crippen molar-refractivity contribution in [3.05, 3.63) is 51.7 Å². The van der Waals surface area contributed by atoms with Crippen LogP contribution in [0.5, 0.6) is 0 Å². The topological polar surface area (TPSA) is 66.5 Å². The lowest BCUT2D eigenvalue weighted by molar-refractivity contribution is -0.121. The van der Waals surface area contributed by atoms with Gasteiger partial charge in [0.1, 0.15) is 0 Å². The van der Waals surface area contributed by atoms with Gasteiger partial charge in [0.25, 0.3) is 0 Å². The van der Waals surface area contributed by atoms with Crippen LogP contribution in [-0.4, -0.2) is 32.2 Å². The molecule has 1 heterocycles. The molecule has 0 bridgehead atoms. The highest BCUT2D eigenvalue weighted by Gasteiger charge is 2.23. The van der Waals surface area contributed by atoms with Crippen LogP contribution < -0.4 is 5.32 Å². The molecule has 2 rings (SSSR count). The van der Waals surface area contributed by atoms with E-state index < -0.39 is 10.0 Å². The van der Waals surface area contributed by atoms with E-state index in [9.17, 15) is 13.2 Å². The molecule has 1 atom stereocenters. The first kappa shape index (κ1) is 17.9. The van der Waals surface area contributed by atoms with Crippen molar-refractivity contribution in [1.29, 1.82) is 0 Å². The second-order valence-electron chi connectivity index (χ2n) is 5.02. The number of benzene rings is 1. The Bertz CT molecular complexity index is 759. The number of carbonyl (C=O) groups is 1. The van der Waals surface area contributed by atoms with E-state index in [1.807, 2.05) is 24.4 Å². The molecule has 1 aromatic carbocycles. The Morgan fingerprint density at radius 1 is 1.30 bits per heavy atom. The fourth-order valence-electron chi connectivity index (χ4n) is 1.97. The van der Waals surface area contributed by atoms with E-state index in [1.165, 1.54) is 42.6 Å². The molecule has 0 radical (unpaired) electrons. The third-order valence-corrected chi connectivity index (χ3v) is 6.36. The quantitative estimate of drug-likeness (QED) is 0.847. The number of likely N-dealkylation sites (N-methyl/N-ethyl adjacent to an activating group) is 1. The number of amides is 1. The minimum atomic E-state index is -3.72.